The maximum atomic E-state index is 12.9. The number of rotatable bonds is 1. The molecule has 0 aromatic heterocycles. The number of halogens is 4. The number of benzene rings is 1. The molecular weight excluding hydrogens is 214 g/mol. The average Bonchev–Trinajstić information content (AvgIpc) is 2.15. The van der Waals surface area contributed by atoms with E-state index in [1.165, 1.54) is 6.07 Å². The fourth-order valence-electron chi connectivity index (χ4n) is 1.03. The van der Waals surface area contributed by atoms with Crippen LogP contribution in [0.3, 0.4) is 0 Å². The van der Waals surface area contributed by atoms with Gasteiger partial charge in [-0.2, -0.15) is 18.4 Å². The van der Waals surface area contributed by atoms with Gasteiger partial charge in [0.15, 0.2) is 0 Å². The number of nitrogens with zero attached hydrogens (tertiary/aromatic N) is 1. The van der Waals surface area contributed by atoms with Crippen molar-refractivity contribution in [1.29, 1.82) is 5.26 Å². The number of ether oxygens (including phenoxy) is 1. The minimum absolute atomic E-state index is 0.219. The summed E-state index contributed by atoms with van der Waals surface area (Å²) < 4.78 is 54.1. The van der Waals surface area contributed by atoms with Gasteiger partial charge in [0.2, 0.25) is 0 Å². The molecule has 0 amide bonds. The highest BCUT2D eigenvalue weighted by atomic mass is 19.4. The average molecular weight is 219 g/mol. The van der Waals surface area contributed by atoms with E-state index in [1.54, 1.807) is 0 Å². The van der Waals surface area contributed by atoms with Gasteiger partial charge in [-0.05, 0) is 6.07 Å². The van der Waals surface area contributed by atoms with Crippen LogP contribution in [0.2, 0.25) is 0 Å². The van der Waals surface area contributed by atoms with Crippen LogP contribution in [0, 0.1) is 17.1 Å². The minimum Gasteiger partial charge on any atom is -0.495 e. The first kappa shape index (κ1) is 11.3. The number of hydrogen-bond acceptors (Lipinski definition) is 2. The normalized spacial score (nSPS) is 10.9. The Balaban J connectivity index is 3.41. The third kappa shape index (κ3) is 2.18. The molecule has 0 aliphatic carbocycles. The van der Waals surface area contributed by atoms with Gasteiger partial charge in [0.25, 0.3) is 0 Å². The fraction of sp³-hybridized carbons (Fsp3) is 0.222. The van der Waals surface area contributed by atoms with Crippen LogP contribution in [-0.2, 0) is 6.18 Å². The predicted octanol–water partition coefficient (Wildman–Crippen LogP) is 2.72. The van der Waals surface area contributed by atoms with Crippen molar-refractivity contribution in [3.63, 3.8) is 0 Å². The summed E-state index contributed by atoms with van der Waals surface area (Å²) in [5, 5.41) is 8.51. The smallest absolute Gasteiger partial charge is 0.419 e. The quantitative estimate of drug-likeness (QED) is 0.680. The highest BCUT2D eigenvalue weighted by molar-refractivity contribution is 5.46. The summed E-state index contributed by atoms with van der Waals surface area (Å²) in [6, 6.07) is 2.46. The standard InChI is InChI=1S/C9H5F4NO/c1-15-8-3-7(10)6(9(11,12)13)2-5(8)4-14/h2-3H,1H3. The summed E-state index contributed by atoms with van der Waals surface area (Å²) in [5.74, 6) is -1.68. The van der Waals surface area contributed by atoms with Crippen molar-refractivity contribution < 1.29 is 22.3 Å². The van der Waals surface area contributed by atoms with Gasteiger partial charge in [0.05, 0.1) is 18.2 Å². The lowest BCUT2D eigenvalue weighted by Crippen LogP contribution is -2.09. The molecule has 0 unspecified atom stereocenters. The molecule has 6 heteroatoms. The fourth-order valence-corrected chi connectivity index (χ4v) is 1.03. The Morgan fingerprint density at radius 2 is 1.93 bits per heavy atom. The van der Waals surface area contributed by atoms with E-state index in [0.717, 1.165) is 7.11 Å². The van der Waals surface area contributed by atoms with Crippen LogP contribution in [0.25, 0.3) is 0 Å². The Morgan fingerprint density at radius 3 is 2.33 bits per heavy atom. The van der Waals surface area contributed by atoms with Crippen molar-refractivity contribution >= 4 is 0 Å². The molecule has 0 spiro atoms. The zero-order chi connectivity index (χ0) is 11.6. The van der Waals surface area contributed by atoms with Crippen molar-refractivity contribution in [1.82, 2.24) is 0 Å². The Kier molecular flexibility index (Phi) is 2.84. The van der Waals surface area contributed by atoms with E-state index in [1.807, 2.05) is 0 Å². The summed E-state index contributed by atoms with van der Waals surface area (Å²) in [6.45, 7) is 0. The summed E-state index contributed by atoms with van der Waals surface area (Å²) in [7, 11) is 1.14. The lowest BCUT2D eigenvalue weighted by Gasteiger charge is -2.10. The molecule has 0 bridgehead atoms. The van der Waals surface area contributed by atoms with Crippen LogP contribution in [0.4, 0.5) is 17.6 Å². The highest BCUT2D eigenvalue weighted by Gasteiger charge is 2.35. The van der Waals surface area contributed by atoms with Crippen LogP contribution in [0.5, 0.6) is 5.75 Å². The Morgan fingerprint density at radius 1 is 1.33 bits per heavy atom. The summed E-state index contributed by atoms with van der Waals surface area (Å²) >= 11 is 0. The molecular formula is C9H5F4NO. The first-order valence-corrected chi connectivity index (χ1v) is 3.75. The van der Waals surface area contributed by atoms with Crippen LogP contribution in [0.1, 0.15) is 11.1 Å². The van der Waals surface area contributed by atoms with Crippen molar-refractivity contribution in [2.45, 2.75) is 6.18 Å². The van der Waals surface area contributed by atoms with Crippen molar-refractivity contribution in [2.24, 2.45) is 0 Å². The largest absolute Gasteiger partial charge is 0.495 e. The second-order valence-electron chi connectivity index (χ2n) is 2.64. The summed E-state index contributed by atoms with van der Waals surface area (Å²) in [5.41, 5.74) is -1.83. The number of nitriles is 1. The van der Waals surface area contributed by atoms with Gasteiger partial charge in [-0.3, -0.25) is 0 Å². The third-order valence-corrected chi connectivity index (χ3v) is 1.72. The molecule has 15 heavy (non-hydrogen) atoms. The molecule has 1 rings (SSSR count). The third-order valence-electron chi connectivity index (χ3n) is 1.72. The van der Waals surface area contributed by atoms with E-state index in [-0.39, 0.29) is 11.3 Å². The molecule has 0 N–H and O–H groups in total. The molecule has 0 radical (unpaired) electrons. The summed E-state index contributed by atoms with van der Waals surface area (Å²) in [6.07, 6.45) is -4.82. The molecule has 0 saturated heterocycles. The Labute approximate surface area is 82.7 Å². The SMILES string of the molecule is COc1cc(F)c(C(F)(F)F)cc1C#N. The van der Waals surface area contributed by atoms with Gasteiger partial charge < -0.3 is 4.74 Å². The van der Waals surface area contributed by atoms with Gasteiger partial charge in [-0.1, -0.05) is 0 Å². The topological polar surface area (TPSA) is 33.0 Å². The molecule has 80 valence electrons. The number of hydrogen-bond donors (Lipinski definition) is 0. The van der Waals surface area contributed by atoms with Gasteiger partial charge in [0.1, 0.15) is 17.6 Å². The van der Waals surface area contributed by atoms with E-state index in [0.29, 0.717) is 12.1 Å². The predicted molar refractivity (Wildman–Crippen MR) is 42.7 cm³/mol. The Bertz CT molecular complexity index is 419. The van der Waals surface area contributed by atoms with Gasteiger partial charge in [-0.25, -0.2) is 4.39 Å². The molecule has 0 atom stereocenters. The second kappa shape index (κ2) is 3.77. The minimum atomic E-state index is -4.82. The van der Waals surface area contributed by atoms with E-state index >= 15 is 0 Å². The molecule has 0 aliphatic heterocycles. The van der Waals surface area contributed by atoms with Crippen LogP contribution >= 0.6 is 0 Å². The highest BCUT2D eigenvalue weighted by Crippen LogP contribution is 2.34. The van der Waals surface area contributed by atoms with Crippen LogP contribution in [-0.4, -0.2) is 7.11 Å². The van der Waals surface area contributed by atoms with Gasteiger partial charge >= 0.3 is 6.18 Å². The first-order valence-electron chi connectivity index (χ1n) is 3.75. The maximum absolute atomic E-state index is 12.9. The molecule has 0 fully saturated rings. The maximum Gasteiger partial charge on any atom is 0.419 e. The first-order chi connectivity index (χ1) is 6.90. The molecule has 2 nitrogen and oxygen atoms in total. The lowest BCUT2D eigenvalue weighted by molar-refractivity contribution is -0.140. The van der Waals surface area contributed by atoms with Crippen LogP contribution < -0.4 is 4.74 Å². The molecule has 1 aromatic rings. The number of methoxy groups -OCH3 is 1. The van der Waals surface area contributed by atoms with E-state index in [9.17, 15) is 17.6 Å². The molecule has 0 heterocycles. The monoisotopic (exact) mass is 219 g/mol. The van der Waals surface area contributed by atoms with Gasteiger partial charge in [0, 0.05) is 6.07 Å². The summed E-state index contributed by atoms with van der Waals surface area (Å²) in [4.78, 5) is 0. The van der Waals surface area contributed by atoms with E-state index in [2.05, 4.69) is 4.74 Å². The molecule has 1 aromatic carbocycles. The van der Waals surface area contributed by atoms with E-state index < -0.39 is 17.6 Å². The van der Waals surface area contributed by atoms with Gasteiger partial charge in [-0.15, -0.1) is 0 Å². The molecule has 0 saturated carbocycles. The van der Waals surface area contributed by atoms with Crippen LogP contribution in [0.15, 0.2) is 12.1 Å². The van der Waals surface area contributed by atoms with E-state index in [4.69, 9.17) is 5.26 Å². The Hall–Kier alpha value is -1.77. The van der Waals surface area contributed by atoms with Crippen molar-refractivity contribution in [2.75, 3.05) is 7.11 Å². The van der Waals surface area contributed by atoms with Crippen molar-refractivity contribution in [3.8, 4) is 11.8 Å². The van der Waals surface area contributed by atoms with Crippen molar-refractivity contribution in [3.05, 3.63) is 29.1 Å². The lowest BCUT2D eigenvalue weighted by atomic mass is 10.1. The zero-order valence-corrected chi connectivity index (χ0v) is 7.52. The molecule has 0 aliphatic rings. The number of alkyl halides is 3. The second-order valence-corrected chi connectivity index (χ2v) is 2.64. The zero-order valence-electron chi connectivity index (χ0n) is 7.52.